The Hall–Kier alpha value is -3.66. The number of aromatic amines is 1. The number of H-pyrrole nitrogens is 1. The van der Waals surface area contributed by atoms with Gasteiger partial charge in [-0.2, -0.15) is 5.10 Å². The second kappa shape index (κ2) is 7.30. The molecule has 0 saturated carbocycles. The van der Waals surface area contributed by atoms with Crippen LogP contribution in [-0.4, -0.2) is 10.2 Å². The summed E-state index contributed by atoms with van der Waals surface area (Å²) in [5.41, 5.74) is 3.59. The molecular formula is C23H17N2O2. The van der Waals surface area contributed by atoms with E-state index in [1.165, 1.54) is 0 Å². The smallest absolute Gasteiger partial charge is 0.267 e. The Morgan fingerprint density at radius 2 is 1.63 bits per heavy atom. The summed E-state index contributed by atoms with van der Waals surface area (Å²) in [7, 11) is 0. The Morgan fingerprint density at radius 1 is 0.926 bits per heavy atom. The number of nitrogens with zero attached hydrogens (tertiary/aromatic N) is 1. The van der Waals surface area contributed by atoms with E-state index in [1.807, 2.05) is 78.9 Å². The monoisotopic (exact) mass is 353 g/mol. The number of nitrogens with one attached hydrogen (secondary N) is 1. The van der Waals surface area contributed by atoms with E-state index in [0.717, 1.165) is 22.4 Å². The molecule has 0 unspecified atom stereocenters. The van der Waals surface area contributed by atoms with Gasteiger partial charge in [0.2, 0.25) is 0 Å². The van der Waals surface area contributed by atoms with E-state index >= 15 is 0 Å². The summed E-state index contributed by atoms with van der Waals surface area (Å²) in [4.78, 5) is 12.2. The van der Waals surface area contributed by atoms with Crippen molar-refractivity contribution < 1.29 is 4.74 Å². The van der Waals surface area contributed by atoms with Crippen LogP contribution in [0.5, 0.6) is 11.5 Å². The molecule has 1 aromatic heterocycles. The zero-order chi connectivity index (χ0) is 18.6. The Balaban J connectivity index is 1.91. The standard InChI is InChI=1S/C23H17N2O2/c1-16-21(17-10-4-2-5-11-17)22(24-25-23(16)26)19-14-8-9-15-20(19)27-18-12-6-3-7-13-18/h3-15H,1H3,(H,25,26). The van der Waals surface area contributed by atoms with Crippen molar-refractivity contribution in [1.29, 1.82) is 0 Å². The van der Waals surface area contributed by atoms with Gasteiger partial charge in [0, 0.05) is 16.7 Å². The van der Waals surface area contributed by atoms with Gasteiger partial charge in [-0.3, -0.25) is 4.79 Å². The first-order chi connectivity index (χ1) is 13.2. The zero-order valence-electron chi connectivity index (χ0n) is 14.8. The lowest BCUT2D eigenvalue weighted by atomic mass is 9.96. The van der Waals surface area contributed by atoms with Gasteiger partial charge in [0.1, 0.15) is 17.2 Å². The van der Waals surface area contributed by atoms with Crippen LogP contribution in [0.3, 0.4) is 0 Å². The van der Waals surface area contributed by atoms with E-state index < -0.39 is 0 Å². The summed E-state index contributed by atoms with van der Waals surface area (Å²) in [6, 6.07) is 27.8. The quantitative estimate of drug-likeness (QED) is 0.561. The molecule has 0 aliphatic rings. The highest BCUT2D eigenvalue weighted by molar-refractivity contribution is 5.85. The van der Waals surface area contributed by atoms with Crippen molar-refractivity contribution in [2.75, 3.05) is 0 Å². The Kier molecular flexibility index (Phi) is 4.54. The SMILES string of the molecule is Cc1c(-c2cc[c]cc2)c(-c2ccccc2Oc2ccccc2)n[nH]c1=O. The molecule has 0 fully saturated rings. The first-order valence-electron chi connectivity index (χ1n) is 8.62. The second-order valence-corrected chi connectivity index (χ2v) is 6.10. The highest BCUT2D eigenvalue weighted by Gasteiger charge is 2.18. The molecule has 4 heteroatoms. The van der Waals surface area contributed by atoms with Gasteiger partial charge in [-0.15, -0.1) is 0 Å². The second-order valence-electron chi connectivity index (χ2n) is 6.10. The van der Waals surface area contributed by atoms with Gasteiger partial charge >= 0.3 is 0 Å². The normalized spacial score (nSPS) is 10.6. The number of rotatable bonds is 4. The summed E-state index contributed by atoms with van der Waals surface area (Å²) in [6.07, 6.45) is 0. The van der Waals surface area contributed by atoms with E-state index in [4.69, 9.17) is 4.74 Å². The van der Waals surface area contributed by atoms with E-state index in [9.17, 15) is 4.79 Å². The van der Waals surface area contributed by atoms with Gasteiger partial charge in [-0.05, 0) is 42.8 Å². The number of hydrogen-bond donors (Lipinski definition) is 1. The van der Waals surface area contributed by atoms with Crippen molar-refractivity contribution in [3.05, 3.63) is 101 Å². The average Bonchev–Trinajstić information content (AvgIpc) is 2.72. The maximum absolute atomic E-state index is 12.2. The van der Waals surface area contributed by atoms with Crippen molar-refractivity contribution in [3.63, 3.8) is 0 Å². The number of ether oxygens (including phenoxy) is 1. The molecule has 0 aliphatic carbocycles. The lowest BCUT2D eigenvalue weighted by Crippen LogP contribution is -2.14. The molecule has 0 amide bonds. The fourth-order valence-corrected chi connectivity index (χ4v) is 3.01. The van der Waals surface area contributed by atoms with Crippen LogP contribution in [0.1, 0.15) is 5.56 Å². The van der Waals surface area contributed by atoms with Crippen LogP contribution in [-0.2, 0) is 0 Å². The van der Waals surface area contributed by atoms with Gasteiger partial charge in [-0.25, -0.2) is 5.10 Å². The lowest BCUT2D eigenvalue weighted by molar-refractivity contribution is 0.484. The summed E-state index contributed by atoms with van der Waals surface area (Å²) in [5, 5.41) is 6.96. The van der Waals surface area contributed by atoms with E-state index in [0.29, 0.717) is 17.0 Å². The largest absolute Gasteiger partial charge is 0.457 e. The molecule has 3 aromatic carbocycles. The molecule has 0 saturated heterocycles. The van der Waals surface area contributed by atoms with Gasteiger partial charge in [0.25, 0.3) is 5.56 Å². The molecule has 4 aromatic rings. The summed E-state index contributed by atoms with van der Waals surface area (Å²) >= 11 is 0. The summed E-state index contributed by atoms with van der Waals surface area (Å²) in [5.74, 6) is 1.41. The molecular weight excluding hydrogens is 336 g/mol. The molecule has 1 radical (unpaired) electrons. The van der Waals surface area contributed by atoms with Crippen molar-refractivity contribution >= 4 is 0 Å². The summed E-state index contributed by atoms with van der Waals surface area (Å²) in [6.45, 7) is 1.80. The number of benzene rings is 3. The molecule has 1 heterocycles. The van der Waals surface area contributed by atoms with E-state index in [-0.39, 0.29) is 5.56 Å². The Labute approximate surface area is 157 Å². The third-order valence-corrected chi connectivity index (χ3v) is 4.34. The van der Waals surface area contributed by atoms with Gasteiger partial charge in [-0.1, -0.05) is 54.6 Å². The van der Waals surface area contributed by atoms with Crippen LogP contribution in [0.25, 0.3) is 22.4 Å². The van der Waals surface area contributed by atoms with Crippen molar-refractivity contribution in [2.24, 2.45) is 0 Å². The minimum atomic E-state index is -0.206. The fraction of sp³-hybridized carbons (Fsp3) is 0.0435. The van der Waals surface area contributed by atoms with Crippen molar-refractivity contribution in [3.8, 4) is 33.9 Å². The molecule has 0 atom stereocenters. The predicted molar refractivity (Wildman–Crippen MR) is 106 cm³/mol. The summed E-state index contributed by atoms with van der Waals surface area (Å²) < 4.78 is 6.09. The van der Waals surface area contributed by atoms with Crippen LogP contribution in [0.2, 0.25) is 0 Å². The topological polar surface area (TPSA) is 55.0 Å². The van der Waals surface area contributed by atoms with Crippen LogP contribution < -0.4 is 10.3 Å². The molecule has 27 heavy (non-hydrogen) atoms. The molecule has 0 aliphatic heterocycles. The Bertz CT molecular complexity index is 1120. The third kappa shape index (κ3) is 3.37. The number of hydrogen-bond acceptors (Lipinski definition) is 3. The van der Waals surface area contributed by atoms with Gasteiger partial charge in [0.15, 0.2) is 0 Å². The maximum atomic E-state index is 12.2. The number of para-hydroxylation sites is 2. The van der Waals surface area contributed by atoms with E-state index in [1.54, 1.807) is 6.92 Å². The Morgan fingerprint density at radius 3 is 2.41 bits per heavy atom. The minimum absolute atomic E-state index is 0.206. The van der Waals surface area contributed by atoms with Crippen LogP contribution in [0, 0.1) is 13.0 Å². The lowest BCUT2D eigenvalue weighted by Gasteiger charge is -2.15. The first kappa shape index (κ1) is 16.8. The highest BCUT2D eigenvalue weighted by atomic mass is 16.5. The molecule has 0 bridgehead atoms. The third-order valence-electron chi connectivity index (χ3n) is 4.34. The maximum Gasteiger partial charge on any atom is 0.267 e. The fourth-order valence-electron chi connectivity index (χ4n) is 3.01. The van der Waals surface area contributed by atoms with Gasteiger partial charge in [0.05, 0.1) is 0 Å². The molecule has 1 N–H and O–H groups in total. The van der Waals surface area contributed by atoms with Crippen LogP contribution in [0.15, 0.2) is 83.7 Å². The predicted octanol–water partition coefficient (Wildman–Crippen LogP) is 5.00. The molecule has 0 spiro atoms. The van der Waals surface area contributed by atoms with Crippen molar-refractivity contribution in [1.82, 2.24) is 10.2 Å². The highest BCUT2D eigenvalue weighted by Crippen LogP contribution is 2.37. The van der Waals surface area contributed by atoms with Crippen LogP contribution >= 0.6 is 0 Å². The van der Waals surface area contributed by atoms with Crippen LogP contribution in [0.4, 0.5) is 0 Å². The molecule has 131 valence electrons. The van der Waals surface area contributed by atoms with Gasteiger partial charge < -0.3 is 4.74 Å². The average molecular weight is 353 g/mol. The van der Waals surface area contributed by atoms with Crippen molar-refractivity contribution in [2.45, 2.75) is 6.92 Å². The molecule has 4 nitrogen and oxygen atoms in total. The first-order valence-corrected chi connectivity index (χ1v) is 8.62. The molecule has 4 rings (SSSR count). The number of aromatic nitrogens is 2. The van der Waals surface area contributed by atoms with E-state index in [2.05, 4.69) is 16.3 Å². The minimum Gasteiger partial charge on any atom is -0.457 e. The zero-order valence-corrected chi connectivity index (χ0v) is 14.8.